The maximum atomic E-state index is 8.83. The molecular weight excluding hydrogens is 304 g/mol. The van der Waals surface area contributed by atoms with Gasteiger partial charge in [-0.25, -0.2) is 4.98 Å². The van der Waals surface area contributed by atoms with E-state index in [9.17, 15) is 0 Å². The number of hydrazone groups is 1. The standard InChI is InChI=1S/C17H14N6O/c1-10-2-4-11(5-3-10)17-21-13-8-12(6-7-15(13)24-17)22-23-14(9-18)16(19)20/h2-8,22H,1H3,(H3,19,20)/b23-14+. The fourth-order valence-electron chi connectivity index (χ4n) is 2.08. The van der Waals surface area contributed by atoms with Gasteiger partial charge in [0, 0.05) is 5.56 Å². The van der Waals surface area contributed by atoms with Crippen molar-refractivity contribution in [1.29, 1.82) is 10.7 Å². The molecule has 1 aromatic heterocycles. The Morgan fingerprint density at radius 2 is 2.04 bits per heavy atom. The summed E-state index contributed by atoms with van der Waals surface area (Å²) in [7, 11) is 0. The SMILES string of the molecule is Cc1ccc(-c2nc3cc(N/N=C(\C#N)C(=N)N)ccc3o2)cc1. The van der Waals surface area contributed by atoms with Gasteiger partial charge in [-0.15, -0.1) is 0 Å². The Hall–Kier alpha value is -3.66. The van der Waals surface area contributed by atoms with Gasteiger partial charge in [0.1, 0.15) is 11.6 Å². The van der Waals surface area contributed by atoms with E-state index in [1.807, 2.05) is 31.2 Å². The van der Waals surface area contributed by atoms with Crippen molar-refractivity contribution >= 4 is 28.3 Å². The molecular formula is C17H14N6O. The quantitative estimate of drug-likeness (QED) is 0.387. The van der Waals surface area contributed by atoms with E-state index in [0.717, 1.165) is 11.1 Å². The van der Waals surface area contributed by atoms with E-state index in [4.69, 9.17) is 20.8 Å². The zero-order chi connectivity index (χ0) is 17.1. The van der Waals surface area contributed by atoms with Gasteiger partial charge in [0.05, 0.1) is 5.69 Å². The van der Waals surface area contributed by atoms with E-state index in [1.165, 1.54) is 0 Å². The number of nitrogens with zero attached hydrogens (tertiary/aromatic N) is 3. The number of rotatable bonds is 4. The lowest BCUT2D eigenvalue weighted by Gasteiger charge is -2.00. The van der Waals surface area contributed by atoms with Crippen LogP contribution >= 0.6 is 0 Å². The van der Waals surface area contributed by atoms with Gasteiger partial charge in [0.2, 0.25) is 11.6 Å². The molecule has 0 radical (unpaired) electrons. The molecule has 0 aliphatic heterocycles. The van der Waals surface area contributed by atoms with Crippen molar-refractivity contribution in [3.8, 4) is 17.5 Å². The van der Waals surface area contributed by atoms with Crippen molar-refractivity contribution in [2.24, 2.45) is 10.8 Å². The molecule has 0 unspecified atom stereocenters. The summed E-state index contributed by atoms with van der Waals surface area (Å²) in [5.74, 6) is 0.140. The number of nitrogens with two attached hydrogens (primary N) is 1. The molecule has 2 aromatic carbocycles. The second kappa shape index (κ2) is 6.22. The molecule has 0 amide bonds. The summed E-state index contributed by atoms with van der Waals surface area (Å²) in [5.41, 5.74) is 11.7. The Kier molecular flexibility index (Phi) is 3.95. The molecule has 0 aliphatic rings. The molecule has 0 fully saturated rings. The number of aryl methyl sites for hydroxylation is 1. The van der Waals surface area contributed by atoms with Crippen molar-refractivity contribution in [3.05, 3.63) is 48.0 Å². The average Bonchev–Trinajstić information content (AvgIpc) is 2.99. The molecule has 0 bridgehead atoms. The monoisotopic (exact) mass is 318 g/mol. The van der Waals surface area contributed by atoms with Crippen molar-refractivity contribution in [3.63, 3.8) is 0 Å². The Labute approximate surface area is 137 Å². The van der Waals surface area contributed by atoms with Gasteiger partial charge in [-0.1, -0.05) is 17.7 Å². The molecule has 0 saturated heterocycles. The second-order valence-corrected chi connectivity index (χ2v) is 5.17. The molecule has 7 heteroatoms. The number of aromatic nitrogens is 1. The molecule has 3 aromatic rings. The van der Waals surface area contributed by atoms with Gasteiger partial charge in [0.15, 0.2) is 11.4 Å². The van der Waals surface area contributed by atoms with E-state index in [-0.39, 0.29) is 5.71 Å². The molecule has 24 heavy (non-hydrogen) atoms. The van der Waals surface area contributed by atoms with Crippen LogP contribution in [-0.2, 0) is 0 Å². The van der Waals surface area contributed by atoms with Crippen LogP contribution in [0.5, 0.6) is 0 Å². The summed E-state index contributed by atoms with van der Waals surface area (Å²) in [4.78, 5) is 4.47. The number of oxazole rings is 1. The smallest absolute Gasteiger partial charge is 0.227 e. The summed E-state index contributed by atoms with van der Waals surface area (Å²) in [6, 6.07) is 14.9. The van der Waals surface area contributed by atoms with Gasteiger partial charge in [0.25, 0.3) is 0 Å². The minimum atomic E-state index is -0.394. The number of nitriles is 1. The fraction of sp³-hybridized carbons (Fsp3) is 0.0588. The average molecular weight is 318 g/mol. The van der Waals surface area contributed by atoms with Crippen molar-refractivity contribution < 1.29 is 4.42 Å². The third kappa shape index (κ3) is 3.08. The van der Waals surface area contributed by atoms with Crippen LogP contribution in [-0.4, -0.2) is 16.5 Å². The number of amidine groups is 1. The van der Waals surface area contributed by atoms with Crippen LogP contribution in [0.3, 0.4) is 0 Å². The van der Waals surface area contributed by atoms with Crippen molar-refractivity contribution in [2.75, 3.05) is 5.43 Å². The van der Waals surface area contributed by atoms with E-state index >= 15 is 0 Å². The minimum absolute atomic E-state index is 0.185. The van der Waals surface area contributed by atoms with Gasteiger partial charge in [-0.2, -0.15) is 10.4 Å². The summed E-state index contributed by atoms with van der Waals surface area (Å²) in [5, 5.41) is 19.8. The van der Waals surface area contributed by atoms with Crippen LogP contribution in [0.25, 0.3) is 22.6 Å². The Balaban J connectivity index is 1.90. The predicted molar refractivity (Wildman–Crippen MR) is 92.8 cm³/mol. The third-order valence-electron chi connectivity index (χ3n) is 3.34. The molecule has 1 heterocycles. The van der Waals surface area contributed by atoms with Gasteiger partial charge < -0.3 is 10.2 Å². The molecule has 4 N–H and O–H groups in total. The van der Waals surface area contributed by atoms with Crippen LogP contribution in [0.15, 0.2) is 52.0 Å². The maximum Gasteiger partial charge on any atom is 0.227 e. The number of fused-ring (bicyclic) bond motifs is 1. The zero-order valence-corrected chi connectivity index (χ0v) is 12.9. The van der Waals surface area contributed by atoms with Crippen LogP contribution in [0.4, 0.5) is 5.69 Å². The normalized spacial score (nSPS) is 11.2. The zero-order valence-electron chi connectivity index (χ0n) is 12.9. The molecule has 7 nitrogen and oxygen atoms in total. The number of benzene rings is 2. The summed E-state index contributed by atoms with van der Waals surface area (Å²) in [6.07, 6.45) is 0. The first kappa shape index (κ1) is 15.2. The molecule has 3 rings (SSSR count). The highest BCUT2D eigenvalue weighted by atomic mass is 16.3. The maximum absolute atomic E-state index is 8.83. The summed E-state index contributed by atoms with van der Waals surface area (Å²) >= 11 is 0. The lowest BCUT2D eigenvalue weighted by Crippen LogP contribution is -2.21. The van der Waals surface area contributed by atoms with Crippen molar-refractivity contribution in [1.82, 2.24) is 4.98 Å². The van der Waals surface area contributed by atoms with Crippen LogP contribution < -0.4 is 11.2 Å². The topological polar surface area (TPSA) is 124 Å². The number of nitrogens with one attached hydrogen (secondary N) is 2. The molecule has 0 atom stereocenters. The summed E-state index contributed by atoms with van der Waals surface area (Å²) < 4.78 is 5.75. The second-order valence-electron chi connectivity index (χ2n) is 5.17. The first-order chi connectivity index (χ1) is 11.6. The van der Waals surface area contributed by atoms with E-state index in [1.54, 1.807) is 24.3 Å². The first-order valence-corrected chi connectivity index (χ1v) is 7.12. The van der Waals surface area contributed by atoms with Gasteiger partial charge in [-0.3, -0.25) is 10.8 Å². The largest absolute Gasteiger partial charge is 0.436 e. The van der Waals surface area contributed by atoms with E-state index in [2.05, 4.69) is 15.5 Å². The summed E-state index contributed by atoms with van der Waals surface area (Å²) in [6.45, 7) is 2.02. The third-order valence-corrected chi connectivity index (χ3v) is 3.34. The molecule has 118 valence electrons. The van der Waals surface area contributed by atoms with Crippen molar-refractivity contribution in [2.45, 2.75) is 6.92 Å². The van der Waals surface area contributed by atoms with Crippen LogP contribution in [0, 0.1) is 23.7 Å². The Morgan fingerprint density at radius 3 is 2.71 bits per heavy atom. The Morgan fingerprint density at radius 1 is 1.29 bits per heavy atom. The van der Waals surface area contributed by atoms with Gasteiger partial charge in [-0.05, 0) is 37.3 Å². The highest BCUT2D eigenvalue weighted by Gasteiger charge is 2.09. The Bertz CT molecular complexity index is 978. The number of hydrogen-bond acceptors (Lipinski definition) is 6. The van der Waals surface area contributed by atoms with Crippen LogP contribution in [0.2, 0.25) is 0 Å². The highest BCUT2D eigenvalue weighted by Crippen LogP contribution is 2.26. The number of hydrogen-bond donors (Lipinski definition) is 3. The first-order valence-electron chi connectivity index (χ1n) is 7.12. The van der Waals surface area contributed by atoms with E-state index < -0.39 is 5.84 Å². The predicted octanol–water partition coefficient (Wildman–Crippen LogP) is 3.03. The number of anilines is 1. The fourth-order valence-corrected chi connectivity index (χ4v) is 2.08. The highest BCUT2D eigenvalue weighted by molar-refractivity contribution is 6.45. The lowest BCUT2D eigenvalue weighted by atomic mass is 10.1. The van der Waals surface area contributed by atoms with Crippen LogP contribution in [0.1, 0.15) is 5.56 Å². The lowest BCUT2D eigenvalue weighted by molar-refractivity contribution is 0.620. The molecule has 0 aliphatic carbocycles. The molecule has 0 saturated carbocycles. The molecule has 0 spiro atoms. The van der Waals surface area contributed by atoms with Gasteiger partial charge >= 0.3 is 0 Å². The minimum Gasteiger partial charge on any atom is -0.436 e. The van der Waals surface area contributed by atoms with E-state index in [0.29, 0.717) is 22.7 Å².